The summed E-state index contributed by atoms with van der Waals surface area (Å²) in [6.07, 6.45) is 2.01. The molecule has 0 radical (unpaired) electrons. The minimum Gasteiger partial charge on any atom is -0.324 e. The Hall–Kier alpha value is -0.560. The summed E-state index contributed by atoms with van der Waals surface area (Å²) in [5.74, 6) is 1.24. The third-order valence-corrected chi connectivity index (χ3v) is 5.09. The molecule has 0 amide bonds. The van der Waals surface area contributed by atoms with Crippen LogP contribution in [0.5, 0.6) is 0 Å². The minimum absolute atomic E-state index is 0.175. The number of rotatable bonds is 7. The third kappa shape index (κ3) is 5.14. The van der Waals surface area contributed by atoms with Crippen LogP contribution in [0.2, 0.25) is 0 Å². The number of hydrogen-bond acceptors (Lipinski definition) is 4. The fourth-order valence-corrected chi connectivity index (χ4v) is 3.55. The molecule has 19 heavy (non-hydrogen) atoms. The SMILES string of the molecule is CSCC(C)CNS(=O)(=O)c1cccc(C(C)N)c1. The van der Waals surface area contributed by atoms with E-state index in [1.807, 2.05) is 26.2 Å². The molecule has 2 unspecified atom stereocenters. The first-order valence-corrected chi connectivity index (χ1v) is 9.08. The van der Waals surface area contributed by atoms with Gasteiger partial charge in [0.05, 0.1) is 4.90 Å². The number of hydrogen-bond donors (Lipinski definition) is 2. The second-order valence-corrected chi connectivity index (χ2v) is 7.45. The highest BCUT2D eigenvalue weighted by Gasteiger charge is 2.16. The number of sulfonamides is 1. The van der Waals surface area contributed by atoms with E-state index in [4.69, 9.17) is 5.73 Å². The maximum Gasteiger partial charge on any atom is 0.240 e. The molecular weight excluding hydrogens is 280 g/mol. The van der Waals surface area contributed by atoms with Crippen LogP contribution >= 0.6 is 11.8 Å². The monoisotopic (exact) mass is 302 g/mol. The zero-order chi connectivity index (χ0) is 14.5. The molecular formula is C13H22N2O2S2. The van der Waals surface area contributed by atoms with Crippen LogP contribution in [-0.2, 0) is 10.0 Å². The first-order chi connectivity index (χ1) is 8.86. The molecule has 2 atom stereocenters. The van der Waals surface area contributed by atoms with E-state index in [0.717, 1.165) is 11.3 Å². The van der Waals surface area contributed by atoms with Crippen LogP contribution in [0.15, 0.2) is 29.2 Å². The van der Waals surface area contributed by atoms with Crippen LogP contribution in [0, 0.1) is 5.92 Å². The van der Waals surface area contributed by atoms with Gasteiger partial charge in [-0.2, -0.15) is 11.8 Å². The average Bonchev–Trinajstić information content (AvgIpc) is 2.37. The van der Waals surface area contributed by atoms with Crippen molar-refractivity contribution in [2.24, 2.45) is 11.7 Å². The summed E-state index contributed by atoms with van der Waals surface area (Å²) in [6, 6.07) is 6.60. The summed E-state index contributed by atoms with van der Waals surface area (Å²) in [7, 11) is -3.44. The van der Waals surface area contributed by atoms with Crippen LogP contribution in [0.4, 0.5) is 0 Å². The standard InChI is InChI=1S/C13H22N2O2S2/c1-10(9-18-3)8-15-19(16,17)13-6-4-5-12(7-13)11(2)14/h4-7,10-11,15H,8-9,14H2,1-3H3. The molecule has 0 spiro atoms. The Labute approximate surface area is 120 Å². The Morgan fingerprint density at radius 2 is 2.05 bits per heavy atom. The highest BCUT2D eigenvalue weighted by atomic mass is 32.2. The Morgan fingerprint density at radius 1 is 1.37 bits per heavy atom. The van der Waals surface area contributed by atoms with Crippen LogP contribution < -0.4 is 10.5 Å². The summed E-state index contributed by atoms with van der Waals surface area (Å²) < 4.78 is 27.0. The molecule has 0 saturated carbocycles. The van der Waals surface area contributed by atoms with Crippen LogP contribution in [0.25, 0.3) is 0 Å². The second-order valence-electron chi connectivity index (χ2n) is 4.77. The fourth-order valence-electron chi connectivity index (χ4n) is 1.64. The molecule has 0 aliphatic heterocycles. The van der Waals surface area contributed by atoms with Crippen molar-refractivity contribution >= 4 is 21.8 Å². The molecule has 4 nitrogen and oxygen atoms in total. The molecule has 1 aromatic carbocycles. The van der Waals surface area contributed by atoms with Gasteiger partial charge in [0.15, 0.2) is 0 Å². The van der Waals surface area contributed by atoms with E-state index >= 15 is 0 Å². The van der Waals surface area contributed by atoms with Crippen molar-refractivity contribution in [3.63, 3.8) is 0 Å². The maximum absolute atomic E-state index is 12.2. The Morgan fingerprint density at radius 3 is 2.63 bits per heavy atom. The molecule has 0 fully saturated rings. The van der Waals surface area contributed by atoms with Crippen molar-refractivity contribution in [1.82, 2.24) is 4.72 Å². The van der Waals surface area contributed by atoms with E-state index in [1.165, 1.54) is 0 Å². The Balaban J connectivity index is 2.80. The number of thioether (sulfide) groups is 1. The lowest BCUT2D eigenvalue weighted by atomic mass is 10.1. The zero-order valence-electron chi connectivity index (χ0n) is 11.6. The lowest BCUT2D eigenvalue weighted by Crippen LogP contribution is -2.29. The molecule has 0 aliphatic carbocycles. The van der Waals surface area contributed by atoms with E-state index in [0.29, 0.717) is 12.5 Å². The van der Waals surface area contributed by atoms with Crippen molar-refractivity contribution in [2.75, 3.05) is 18.6 Å². The van der Waals surface area contributed by atoms with Gasteiger partial charge in [0, 0.05) is 12.6 Å². The first-order valence-electron chi connectivity index (χ1n) is 6.21. The van der Waals surface area contributed by atoms with Crippen molar-refractivity contribution in [2.45, 2.75) is 24.8 Å². The first kappa shape index (κ1) is 16.5. The van der Waals surface area contributed by atoms with Gasteiger partial charge in [-0.3, -0.25) is 0 Å². The van der Waals surface area contributed by atoms with E-state index < -0.39 is 10.0 Å². The molecule has 6 heteroatoms. The highest BCUT2D eigenvalue weighted by molar-refractivity contribution is 7.98. The zero-order valence-corrected chi connectivity index (χ0v) is 13.2. The smallest absolute Gasteiger partial charge is 0.240 e. The molecule has 1 aromatic rings. The van der Waals surface area contributed by atoms with Crippen LogP contribution in [0.1, 0.15) is 25.5 Å². The molecule has 0 bridgehead atoms. The van der Waals surface area contributed by atoms with Crippen molar-refractivity contribution in [3.8, 4) is 0 Å². The number of benzene rings is 1. The molecule has 0 aliphatic rings. The van der Waals surface area contributed by atoms with Gasteiger partial charge in [0.1, 0.15) is 0 Å². The summed E-state index contributed by atoms with van der Waals surface area (Å²) >= 11 is 1.71. The topological polar surface area (TPSA) is 72.2 Å². The predicted molar refractivity (Wildman–Crippen MR) is 81.8 cm³/mol. The minimum atomic E-state index is -3.44. The number of nitrogens with two attached hydrogens (primary N) is 1. The number of nitrogens with one attached hydrogen (secondary N) is 1. The average molecular weight is 302 g/mol. The van der Waals surface area contributed by atoms with Gasteiger partial charge < -0.3 is 5.73 Å². The van der Waals surface area contributed by atoms with Crippen molar-refractivity contribution in [3.05, 3.63) is 29.8 Å². The van der Waals surface area contributed by atoms with Crippen molar-refractivity contribution < 1.29 is 8.42 Å². The van der Waals surface area contributed by atoms with Gasteiger partial charge in [-0.1, -0.05) is 19.1 Å². The largest absolute Gasteiger partial charge is 0.324 e. The molecule has 108 valence electrons. The third-order valence-electron chi connectivity index (χ3n) is 2.77. The van der Waals surface area contributed by atoms with Gasteiger partial charge in [-0.05, 0) is 42.5 Å². The van der Waals surface area contributed by atoms with E-state index in [1.54, 1.807) is 30.0 Å². The molecule has 0 saturated heterocycles. The second kappa shape index (κ2) is 7.28. The van der Waals surface area contributed by atoms with Gasteiger partial charge in [0.25, 0.3) is 0 Å². The van der Waals surface area contributed by atoms with Gasteiger partial charge in [0.2, 0.25) is 10.0 Å². The maximum atomic E-state index is 12.2. The summed E-state index contributed by atoms with van der Waals surface area (Å²) in [6.45, 7) is 4.31. The van der Waals surface area contributed by atoms with E-state index in [-0.39, 0.29) is 10.9 Å². The Bertz CT molecular complexity index is 501. The van der Waals surface area contributed by atoms with Gasteiger partial charge in [-0.15, -0.1) is 0 Å². The molecule has 0 aromatic heterocycles. The van der Waals surface area contributed by atoms with E-state index in [9.17, 15) is 8.42 Å². The predicted octanol–water partition coefficient (Wildman–Crippen LogP) is 1.98. The molecule has 1 rings (SSSR count). The lowest BCUT2D eigenvalue weighted by molar-refractivity contribution is 0.562. The lowest BCUT2D eigenvalue weighted by Gasteiger charge is -2.13. The van der Waals surface area contributed by atoms with Crippen molar-refractivity contribution in [1.29, 1.82) is 0 Å². The summed E-state index contributed by atoms with van der Waals surface area (Å²) in [4.78, 5) is 0.277. The van der Waals surface area contributed by atoms with E-state index in [2.05, 4.69) is 4.72 Å². The van der Waals surface area contributed by atoms with Gasteiger partial charge >= 0.3 is 0 Å². The normalized spacial score (nSPS) is 15.2. The summed E-state index contributed by atoms with van der Waals surface area (Å²) in [5.41, 5.74) is 6.59. The Kier molecular flexibility index (Phi) is 6.32. The highest BCUT2D eigenvalue weighted by Crippen LogP contribution is 2.16. The molecule has 0 heterocycles. The fraction of sp³-hybridized carbons (Fsp3) is 0.538. The molecule has 3 N–H and O–H groups in total. The van der Waals surface area contributed by atoms with Crippen LogP contribution in [-0.4, -0.2) is 27.0 Å². The van der Waals surface area contributed by atoms with Crippen LogP contribution in [0.3, 0.4) is 0 Å². The quantitative estimate of drug-likeness (QED) is 0.808. The summed E-state index contributed by atoms with van der Waals surface area (Å²) in [5, 5.41) is 0. The van der Waals surface area contributed by atoms with Gasteiger partial charge in [-0.25, -0.2) is 13.1 Å².